The second-order valence-electron chi connectivity index (χ2n) is 7.26. The maximum atomic E-state index is 3.65. The second kappa shape index (κ2) is 7.64. The molecule has 0 amide bonds. The number of nitrogens with zero attached hydrogens (tertiary/aromatic N) is 1. The molecular weight excluding hydrogens is 294 g/mol. The van der Waals surface area contributed by atoms with Gasteiger partial charge in [-0.05, 0) is 36.8 Å². The molecule has 1 aromatic rings. The lowest BCUT2D eigenvalue weighted by Gasteiger charge is -2.37. The van der Waals surface area contributed by atoms with E-state index in [-0.39, 0.29) is 0 Å². The SMILES string of the molecule is C1=C(c2ccccc2)CCN(C2CC=C(C3CNCCN3)CC2)C1. The van der Waals surface area contributed by atoms with Gasteiger partial charge < -0.3 is 10.6 Å². The van der Waals surface area contributed by atoms with Crippen LogP contribution in [0.15, 0.2) is 48.1 Å². The predicted octanol–water partition coefficient (Wildman–Crippen LogP) is 2.82. The molecule has 1 saturated heterocycles. The molecule has 0 radical (unpaired) electrons. The Morgan fingerprint density at radius 2 is 1.92 bits per heavy atom. The number of rotatable bonds is 3. The molecule has 0 aromatic heterocycles. The average Bonchev–Trinajstić information content (AvgIpc) is 2.70. The Labute approximate surface area is 145 Å². The highest BCUT2D eigenvalue weighted by Gasteiger charge is 2.26. The van der Waals surface area contributed by atoms with Crippen LogP contribution in [0.25, 0.3) is 5.57 Å². The highest BCUT2D eigenvalue weighted by atomic mass is 15.2. The summed E-state index contributed by atoms with van der Waals surface area (Å²) in [5.41, 5.74) is 4.56. The summed E-state index contributed by atoms with van der Waals surface area (Å²) in [6.45, 7) is 5.63. The summed E-state index contributed by atoms with van der Waals surface area (Å²) >= 11 is 0. The lowest BCUT2D eigenvalue weighted by atomic mass is 9.88. The van der Waals surface area contributed by atoms with E-state index in [1.165, 1.54) is 43.4 Å². The second-order valence-corrected chi connectivity index (χ2v) is 7.26. The first kappa shape index (κ1) is 16.1. The van der Waals surface area contributed by atoms with Gasteiger partial charge in [0.05, 0.1) is 0 Å². The van der Waals surface area contributed by atoms with Gasteiger partial charge in [-0.25, -0.2) is 0 Å². The molecule has 2 heterocycles. The maximum Gasteiger partial charge on any atom is 0.0406 e. The minimum atomic E-state index is 0.575. The average molecular weight is 323 g/mol. The molecule has 24 heavy (non-hydrogen) atoms. The fraction of sp³-hybridized carbons (Fsp3) is 0.524. The minimum absolute atomic E-state index is 0.575. The predicted molar refractivity (Wildman–Crippen MR) is 101 cm³/mol. The molecule has 4 rings (SSSR count). The molecule has 2 aliphatic heterocycles. The molecule has 3 aliphatic rings. The molecule has 0 bridgehead atoms. The number of hydrogen-bond donors (Lipinski definition) is 2. The first-order valence-electron chi connectivity index (χ1n) is 9.52. The first-order chi connectivity index (χ1) is 11.9. The van der Waals surface area contributed by atoms with Gasteiger partial charge in [0.15, 0.2) is 0 Å². The van der Waals surface area contributed by atoms with Gasteiger partial charge in [-0.15, -0.1) is 0 Å². The van der Waals surface area contributed by atoms with Crippen molar-refractivity contribution in [2.24, 2.45) is 0 Å². The Morgan fingerprint density at radius 3 is 2.58 bits per heavy atom. The van der Waals surface area contributed by atoms with Crippen molar-refractivity contribution in [3.05, 3.63) is 53.6 Å². The molecule has 3 nitrogen and oxygen atoms in total. The monoisotopic (exact) mass is 323 g/mol. The number of nitrogens with one attached hydrogen (secondary N) is 2. The van der Waals surface area contributed by atoms with Crippen LogP contribution >= 0.6 is 0 Å². The van der Waals surface area contributed by atoms with Crippen molar-refractivity contribution in [2.45, 2.75) is 37.8 Å². The molecule has 128 valence electrons. The summed E-state index contributed by atoms with van der Waals surface area (Å²) in [4.78, 5) is 2.69. The van der Waals surface area contributed by atoms with Gasteiger partial charge in [-0.3, -0.25) is 4.90 Å². The Morgan fingerprint density at radius 1 is 1.00 bits per heavy atom. The van der Waals surface area contributed by atoms with E-state index in [4.69, 9.17) is 0 Å². The topological polar surface area (TPSA) is 27.3 Å². The van der Waals surface area contributed by atoms with Crippen molar-refractivity contribution in [3.8, 4) is 0 Å². The van der Waals surface area contributed by atoms with Gasteiger partial charge in [-0.1, -0.05) is 48.1 Å². The molecule has 2 N–H and O–H groups in total. The minimum Gasteiger partial charge on any atom is -0.314 e. The van der Waals surface area contributed by atoms with Gasteiger partial charge in [0.1, 0.15) is 0 Å². The Kier molecular flexibility index (Phi) is 5.12. The van der Waals surface area contributed by atoms with Gasteiger partial charge in [0, 0.05) is 44.8 Å². The fourth-order valence-electron chi connectivity index (χ4n) is 4.34. The molecular formula is C21H29N3. The van der Waals surface area contributed by atoms with Crippen LogP contribution in [-0.4, -0.2) is 49.7 Å². The lowest BCUT2D eigenvalue weighted by molar-refractivity contribution is 0.199. The van der Waals surface area contributed by atoms with Crippen LogP contribution in [0.3, 0.4) is 0 Å². The molecule has 1 fully saturated rings. The zero-order valence-corrected chi connectivity index (χ0v) is 14.5. The van der Waals surface area contributed by atoms with Crippen molar-refractivity contribution < 1.29 is 0 Å². The summed E-state index contributed by atoms with van der Waals surface area (Å²) in [7, 11) is 0. The van der Waals surface area contributed by atoms with Gasteiger partial charge >= 0.3 is 0 Å². The van der Waals surface area contributed by atoms with E-state index in [1.807, 2.05) is 0 Å². The molecule has 0 saturated carbocycles. The van der Waals surface area contributed by atoms with E-state index >= 15 is 0 Å². The van der Waals surface area contributed by atoms with E-state index < -0.39 is 0 Å². The molecule has 1 aliphatic carbocycles. The van der Waals surface area contributed by atoms with Gasteiger partial charge in [0.2, 0.25) is 0 Å². The van der Waals surface area contributed by atoms with Crippen molar-refractivity contribution in [3.63, 3.8) is 0 Å². The fourth-order valence-corrected chi connectivity index (χ4v) is 4.34. The molecule has 3 heteroatoms. The lowest BCUT2D eigenvalue weighted by Crippen LogP contribution is -2.50. The van der Waals surface area contributed by atoms with Crippen molar-refractivity contribution >= 4 is 5.57 Å². The Hall–Kier alpha value is -1.42. The van der Waals surface area contributed by atoms with Crippen LogP contribution in [0.4, 0.5) is 0 Å². The summed E-state index contributed by atoms with van der Waals surface area (Å²) in [5.74, 6) is 0. The number of benzene rings is 1. The van der Waals surface area contributed by atoms with E-state index in [0.717, 1.165) is 32.2 Å². The smallest absolute Gasteiger partial charge is 0.0406 e. The van der Waals surface area contributed by atoms with Crippen LogP contribution in [0.5, 0.6) is 0 Å². The van der Waals surface area contributed by atoms with Crippen molar-refractivity contribution in [1.29, 1.82) is 0 Å². The van der Waals surface area contributed by atoms with Crippen LogP contribution in [0.1, 0.15) is 31.2 Å². The largest absolute Gasteiger partial charge is 0.314 e. The van der Waals surface area contributed by atoms with Crippen LogP contribution in [0, 0.1) is 0 Å². The Balaban J connectivity index is 1.34. The summed E-state index contributed by atoms with van der Waals surface area (Å²) in [5, 5.41) is 7.16. The van der Waals surface area contributed by atoms with E-state index in [1.54, 1.807) is 5.57 Å². The summed E-state index contributed by atoms with van der Waals surface area (Å²) in [6, 6.07) is 12.2. The highest BCUT2D eigenvalue weighted by molar-refractivity contribution is 5.66. The standard InChI is InChI=1S/C21H29N3/c1-2-4-17(5-3-1)18-10-14-24(15-11-18)20-8-6-19(7-9-20)21-16-22-12-13-23-21/h1-6,10,20-23H,7-9,11-16H2. The number of hydrogen-bond acceptors (Lipinski definition) is 3. The normalized spacial score (nSPS) is 29.0. The summed E-state index contributed by atoms with van der Waals surface area (Å²) < 4.78 is 0. The van der Waals surface area contributed by atoms with E-state index in [9.17, 15) is 0 Å². The zero-order chi connectivity index (χ0) is 16.2. The molecule has 0 spiro atoms. The van der Waals surface area contributed by atoms with Crippen molar-refractivity contribution in [2.75, 3.05) is 32.7 Å². The van der Waals surface area contributed by atoms with Crippen LogP contribution in [0.2, 0.25) is 0 Å². The highest BCUT2D eigenvalue weighted by Crippen LogP contribution is 2.29. The van der Waals surface area contributed by atoms with Gasteiger partial charge in [-0.2, -0.15) is 0 Å². The van der Waals surface area contributed by atoms with Gasteiger partial charge in [0.25, 0.3) is 0 Å². The van der Waals surface area contributed by atoms with E-state index in [2.05, 4.69) is 58.0 Å². The third-order valence-corrected chi connectivity index (χ3v) is 5.81. The first-order valence-corrected chi connectivity index (χ1v) is 9.52. The third-order valence-electron chi connectivity index (χ3n) is 5.81. The molecule has 1 aromatic carbocycles. The van der Waals surface area contributed by atoms with E-state index in [0.29, 0.717) is 6.04 Å². The molecule has 2 unspecified atom stereocenters. The van der Waals surface area contributed by atoms with Crippen LogP contribution < -0.4 is 10.6 Å². The molecule has 2 atom stereocenters. The summed E-state index contributed by atoms with van der Waals surface area (Å²) in [6.07, 6.45) is 9.96. The number of piperazine rings is 1. The quantitative estimate of drug-likeness (QED) is 0.838. The Bertz CT molecular complexity index is 599. The maximum absolute atomic E-state index is 3.65. The zero-order valence-electron chi connectivity index (χ0n) is 14.5. The third kappa shape index (κ3) is 3.64. The van der Waals surface area contributed by atoms with Crippen molar-refractivity contribution in [1.82, 2.24) is 15.5 Å². The van der Waals surface area contributed by atoms with Crippen LogP contribution in [-0.2, 0) is 0 Å².